The number of benzene rings is 2. The molecular weight excluding hydrogens is 276 g/mol. The fraction of sp³-hybridized carbons (Fsp3) is 0.0667. The number of aromatic nitrogens is 2. The molecule has 0 spiro atoms. The molecule has 0 atom stereocenters. The highest BCUT2D eigenvalue weighted by atomic mass is 19.1. The molecular formula is C15H11F2N3O. The first-order chi connectivity index (χ1) is 10.2. The zero-order valence-corrected chi connectivity index (χ0v) is 10.9. The Bertz CT molecular complexity index is 786. The second kappa shape index (κ2) is 5.41. The maximum absolute atomic E-state index is 14.0. The van der Waals surface area contributed by atoms with Crippen LogP contribution in [-0.2, 0) is 6.54 Å². The van der Waals surface area contributed by atoms with E-state index in [2.05, 4.69) is 10.1 Å². The summed E-state index contributed by atoms with van der Waals surface area (Å²) in [7, 11) is 0. The Hall–Kier alpha value is -2.60. The van der Waals surface area contributed by atoms with Crippen molar-refractivity contribution in [1.82, 2.24) is 10.1 Å². The SMILES string of the molecule is NCc1nc(-c2ccc(F)c(-c3ccccc3F)c2)no1. The van der Waals surface area contributed by atoms with Crippen LogP contribution in [0.5, 0.6) is 0 Å². The molecule has 3 rings (SSSR count). The summed E-state index contributed by atoms with van der Waals surface area (Å²) < 4.78 is 32.7. The lowest BCUT2D eigenvalue weighted by Crippen LogP contribution is -1.95. The highest BCUT2D eigenvalue weighted by Gasteiger charge is 2.14. The molecule has 3 aromatic rings. The number of nitrogens with two attached hydrogens (primary N) is 1. The lowest BCUT2D eigenvalue weighted by atomic mass is 10.0. The first kappa shape index (κ1) is 13.4. The molecule has 2 N–H and O–H groups in total. The fourth-order valence-electron chi connectivity index (χ4n) is 2.01. The van der Waals surface area contributed by atoms with E-state index in [0.717, 1.165) is 0 Å². The van der Waals surface area contributed by atoms with Gasteiger partial charge in [0.2, 0.25) is 11.7 Å². The number of hydrogen-bond acceptors (Lipinski definition) is 4. The van der Waals surface area contributed by atoms with Gasteiger partial charge in [0.25, 0.3) is 0 Å². The molecule has 0 unspecified atom stereocenters. The second-order valence-electron chi connectivity index (χ2n) is 4.39. The van der Waals surface area contributed by atoms with Gasteiger partial charge in [-0.15, -0.1) is 0 Å². The largest absolute Gasteiger partial charge is 0.338 e. The monoisotopic (exact) mass is 287 g/mol. The van der Waals surface area contributed by atoms with Gasteiger partial charge in [0.1, 0.15) is 11.6 Å². The predicted molar refractivity (Wildman–Crippen MR) is 73.0 cm³/mol. The molecule has 0 aliphatic heterocycles. The van der Waals surface area contributed by atoms with Crippen LogP contribution in [0.4, 0.5) is 8.78 Å². The number of hydrogen-bond donors (Lipinski definition) is 1. The van der Waals surface area contributed by atoms with Crippen LogP contribution in [0.25, 0.3) is 22.5 Å². The van der Waals surface area contributed by atoms with Gasteiger partial charge in [-0.05, 0) is 24.3 Å². The van der Waals surface area contributed by atoms with Crippen molar-refractivity contribution in [3.05, 3.63) is 60.0 Å². The van der Waals surface area contributed by atoms with E-state index in [0.29, 0.717) is 5.56 Å². The van der Waals surface area contributed by atoms with Gasteiger partial charge in [-0.2, -0.15) is 4.98 Å². The van der Waals surface area contributed by atoms with E-state index in [-0.39, 0.29) is 29.4 Å². The van der Waals surface area contributed by atoms with E-state index in [4.69, 9.17) is 10.3 Å². The molecule has 6 heteroatoms. The molecule has 0 saturated carbocycles. The molecule has 21 heavy (non-hydrogen) atoms. The summed E-state index contributed by atoms with van der Waals surface area (Å²) >= 11 is 0. The van der Waals surface area contributed by atoms with Crippen molar-refractivity contribution in [3.63, 3.8) is 0 Å². The quantitative estimate of drug-likeness (QED) is 0.803. The first-order valence-corrected chi connectivity index (χ1v) is 6.26. The van der Waals surface area contributed by atoms with Crippen molar-refractivity contribution in [2.45, 2.75) is 6.54 Å². The van der Waals surface area contributed by atoms with Gasteiger partial charge < -0.3 is 10.3 Å². The van der Waals surface area contributed by atoms with Gasteiger partial charge in [-0.1, -0.05) is 23.4 Å². The van der Waals surface area contributed by atoms with Crippen LogP contribution in [0.15, 0.2) is 47.0 Å². The minimum absolute atomic E-state index is 0.119. The van der Waals surface area contributed by atoms with E-state index < -0.39 is 11.6 Å². The summed E-state index contributed by atoms with van der Waals surface area (Å²) in [6, 6.07) is 10.2. The molecule has 0 fully saturated rings. The summed E-state index contributed by atoms with van der Waals surface area (Å²) in [6.45, 7) is 0.119. The van der Waals surface area contributed by atoms with Crippen molar-refractivity contribution in [3.8, 4) is 22.5 Å². The van der Waals surface area contributed by atoms with Gasteiger partial charge in [0, 0.05) is 16.7 Å². The summed E-state index contributed by atoms with van der Waals surface area (Å²) in [6.07, 6.45) is 0. The molecule has 0 amide bonds. The third kappa shape index (κ3) is 2.53. The highest BCUT2D eigenvalue weighted by molar-refractivity contribution is 5.71. The highest BCUT2D eigenvalue weighted by Crippen LogP contribution is 2.29. The number of nitrogens with zero attached hydrogens (tertiary/aromatic N) is 2. The topological polar surface area (TPSA) is 64.9 Å². The van der Waals surface area contributed by atoms with Gasteiger partial charge in [0.15, 0.2) is 0 Å². The van der Waals surface area contributed by atoms with Crippen LogP contribution in [0.3, 0.4) is 0 Å². The van der Waals surface area contributed by atoms with Crippen molar-refractivity contribution in [2.75, 3.05) is 0 Å². The lowest BCUT2D eigenvalue weighted by molar-refractivity contribution is 0.380. The summed E-state index contributed by atoms with van der Waals surface area (Å²) in [4.78, 5) is 4.07. The van der Waals surface area contributed by atoms with E-state index in [1.165, 1.54) is 30.3 Å². The van der Waals surface area contributed by atoms with Gasteiger partial charge in [-0.3, -0.25) is 0 Å². The van der Waals surface area contributed by atoms with Crippen LogP contribution in [0, 0.1) is 11.6 Å². The van der Waals surface area contributed by atoms with E-state index in [1.807, 2.05) is 0 Å². The van der Waals surface area contributed by atoms with Gasteiger partial charge in [-0.25, -0.2) is 8.78 Å². The van der Waals surface area contributed by atoms with Crippen LogP contribution in [0.1, 0.15) is 5.89 Å². The van der Waals surface area contributed by atoms with E-state index in [9.17, 15) is 8.78 Å². The summed E-state index contributed by atoms with van der Waals surface area (Å²) in [5, 5.41) is 3.76. The smallest absolute Gasteiger partial charge is 0.240 e. The molecule has 1 heterocycles. The second-order valence-corrected chi connectivity index (χ2v) is 4.39. The van der Waals surface area contributed by atoms with Crippen LogP contribution >= 0.6 is 0 Å². The van der Waals surface area contributed by atoms with Crippen LogP contribution in [-0.4, -0.2) is 10.1 Å². The minimum Gasteiger partial charge on any atom is -0.338 e. The number of rotatable bonds is 3. The Morgan fingerprint density at radius 1 is 1.00 bits per heavy atom. The Labute approximate surface area is 119 Å². The van der Waals surface area contributed by atoms with Crippen molar-refractivity contribution in [2.24, 2.45) is 5.73 Å². The van der Waals surface area contributed by atoms with Gasteiger partial charge in [0.05, 0.1) is 6.54 Å². The Kier molecular flexibility index (Phi) is 3.45. The Morgan fingerprint density at radius 3 is 2.48 bits per heavy atom. The molecule has 0 aliphatic rings. The average Bonchev–Trinajstić information content (AvgIpc) is 2.98. The lowest BCUT2D eigenvalue weighted by Gasteiger charge is -2.06. The summed E-state index contributed by atoms with van der Waals surface area (Å²) in [5.74, 6) is -0.453. The van der Waals surface area contributed by atoms with E-state index >= 15 is 0 Å². The summed E-state index contributed by atoms with van der Waals surface area (Å²) in [5.41, 5.74) is 6.25. The molecule has 1 aromatic heterocycles. The zero-order chi connectivity index (χ0) is 14.8. The maximum atomic E-state index is 14.0. The van der Waals surface area contributed by atoms with Crippen LogP contribution < -0.4 is 5.73 Å². The van der Waals surface area contributed by atoms with Gasteiger partial charge >= 0.3 is 0 Å². The Balaban J connectivity index is 2.10. The number of halogens is 2. The van der Waals surface area contributed by atoms with Crippen molar-refractivity contribution >= 4 is 0 Å². The molecule has 0 bridgehead atoms. The third-order valence-electron chi connectivity index (χ3n) is 3.03. The van der Waals surface area contributed by atoms with Crippen LogP contribution in [0.2, 0.25) is 0 Å². The van der Waals surface area contributed by atoms with Crippen molar-refractivity contribution < 1.29 is 13.3 Å². The average molecular weight is 287 g/mol. The minimum atomic E-state index is -0.522. The normalized spacial score (nSPS) is 10.8. The molecule has 4 nitrogen and oxygen atoms in total. The third-order valence-corrected chi connectivity index (χ3v) is 3.03. The predicted octanol–water partition coefficient (Wildman–Crippen LogP) is 3.14. The molecule has 2 aromatic carbocycles. The van der Waals surface area contributed by atoms with Crippen molar-refractivity contribution in [1.29, 1.82) is 0 Å². The standard InChI is InChI=1S/C15H11F2N3O/c16-12-4-2-1-3-10(12)11-7-9(5-6-13(11)17)15-19-14(8-18)21-20-15/h1-7H,8,18H2. The molecule has 106 valence electrons. The fourth-order valence-corrected chi connectivity index (χ4v) is 2.01. The maximum Gasteiger partial charge on any atom is 0.240 e. The molecule has 0 radical (unpaired) electrons. The van der Waals surface area contributed by atoms with E-state index in [1.54, 1.807) is 12.1 Å². The zero-order valence-electron chi connectivity index (χ0n) is 10.9. The molecule has 0 aliphatic carbocycles. The first-order valence-electron chi connectivity index (χ1n) is 6.26. The Morgan fingerprint density at radius 2 is 1.76 bits per heavy atom. The molecule has 0 saturated heterocycles.